The summed E-state index contributed by atoms with van der Waals surface area (Å²) in [5.74, 6) is 0.790. The Balaban J connectivity index is 2.20. The van der Waals surface area contributed by atoms with Crippen molar-refractivity contribution < 1.29 is 0 Å². The highest BCUT2D eigenvalue weighted by Crippen LogP contribution is 2.43. The molecule has 0 unspecified atom stereocenters. The molecular weight excluding hydrogens is 178 g/mol. The summed E-state index contributed by atoms with van der Waals surface area (Å²) in [6.07, 6.45) is 2.69. The van der Waals surface area contributed by atoms with Gasteiger partial charge in [-0.2, -0.15) is 0 Å². The molecule has 3 rings (SSSR count). The third kappa shape index (κ3) is 1.25. The molecule has 66 valence electrons. The van der Waals surface area contributed by atoms with Crippen molar-refractivity contribution in [2.24, 2.45) is 0 Å². The van der Waals surface area contributed by atoms with E-state index in [2.05, 4.69) is 30.1 Å². The van der Waals surface area contributed by atoms with Crippen LogP contribution in [-0.4, -0.2) is 4.98 Å². The second-order valence-electron chi connectivity index (χ2n) is 3.80. The third-order valence-electron chi connectivity index (χ3n) is 2.49. The van der Waals surface area contributed by atoms with E-state index in [9.17, 15) is 0 Å². The third-order valence-corrected chi connectivity index (χ3v) is 3.69. The molecule has 2 aromatic rings. The minimum atomic E-state index is 0.790. The number of hydrogen-bond acceptors (Lipinski definition) is 2. The van der Waals surface area contributed by atoms with Crippen LogP contribution in [0.1, 0.15) is 29.3 Å². The van der Waals surface area contributed by atoms with Crippen LogP contribution < -0.4 is 0 Å². The fourth-order valence-electron chi connectivity index (χ4n) is 1.56. The summed E-state index contributed by atoms with van der Waals surface area (Å²) < 4.78 is 1.34. The molecular formula is C11H11NS. The van der Waals surface area contributed by atoms with Gasteiger partial charge in [0.1, 0.15) is 0 Å². The number of thiazole rings is 1. The van der Waals surface area contributed by atoms with Gasteiger partial charge in [0.2, 0.25) is 0 Å². The van der Waals surface area contributed by atoms with Crippen LogP contribution in [0.2, 0.25) is 0 Å². The summed E-state index contributed by atoms with van der Waals surface area (Å²) in [7, 11) is 0. The molecule has 0 radical (unpaired) electrons. The quantitative estimate of drug-likeness (QED) is 0.669. The monoisotopic (exact) mass is 189 g/mol. The van der Waals surface area contributed by atoms with Crippen LogP contribution in [0, 0.1) is 6.92 Å². The van der Waals surface area contributed by atoms with E-state index >= 15 is 0 Å². The average Bonchev–Trinajstić information content (AvgIpc) is 2.87. The van der Waals surface area contributed by atoms with Gasteiger partial charge in [0, 0.05) is 5.92 Å². The molecule has 1 nitrogen and oxygen atoms in total. The highest BCUT2D eigenvalue weighted by atomic mass is 32.1. The standard InChI is InChI=1S/C11H11NS/c1-7-2-5-10-9(6-7)12-11(13-10)8-3-4-8/h2,5-6,8H,3-4H2,1H3. The number of nitrogens with zero attached hydrogens (tertiary/aromatic N) is 1. The summed E-state index contributed by atoms with van der Waals surface area (Å²) in [5.41, 5.74) is 2.49. The minimum absolute atomic E-state index is 0.790. The molecule has 13 heavy (non-hydrogen) atoms. The number of rotatable bonds is 1. The molecule has 1 aliphatic carbocycles. The van der Waals surface area contributed by atoms with E-state index in [1.165, 1.54) is 33.6 Å². The van der Waals surface area contributed by atoms with Crippen molar-refractivity contribution in [2.45, 2.75) is 25.7 Å². The highest BCUT2D eigenvalue weighted by Gasteiger charge is 2.26. The van der Waals surface area contributed by atoms with Gasteiger partial charge < -0.3 is 0 Å². The maximum atomic E-state index is 4.65. The van der Waals surface area contributed by atoms with Gasteiger partial charge in [-0.25, -0.2) is 4.98 Å². The first-order valence-corrected chi connectivity index (χ1v) is 5.52. The predicted molar refractivity (Wildman–Crippen MR) is 56.3 cm³/mol. The first-order chi connectivity index (χ1) is 6.33. The van der Waals surface area contributed by atoms with Gasteiger partial charge in [-0.05, 0) is 37.5 Å². The Kier molecular flexibility index (Phi) is 1.47. The largest absolute Gasteiger partial charge is 0.241 e. The van der Waals surface area contributed by atoms with E-state index in [1.54, 1.807) is 0 Å². The normalized spacial score (nSPS) is 16.7. The van der Waals surface area contributed by atoms with Gasteiger partial charge in [-0.1, -0.05) is 6.07 Å². The first-order valence-electron chi connectivity index (χ1n) is 4.70. The lowest BCUT2D eigenvalue weighted by atomic mass is 10.2. The summed E-state index contributed by atoms with van der Waals surface area (Å²) in [6.45, 7) is 2.12. The van der Waals surface area contributed by atoms with Gasteiger partial charge in [-0.15, -0.1) is 11.3 Å². The Bertz CT molecular complexity index is 454. The topological polar surface area (TPSA) is 12.9 Å². The van der Waals surface area contributed by atoms with Crippen LogP contribution in [0.25, 0.3) is 10.2 Å². The molecule has 1 heterocycles. The van der Waals surface area contributed by atoms with Crippen LogP contribution in [0.15, 0.2) is 18.2 Å². The van der Waals surface area contributed by atoms with E-state index in [0.717, 1.165) is 5.92 Å². The fraction of sp³-hybridized carbons (Fsp3) is 0.364. The van der Waals surface area contributed by atoms with E-state index in [0.29, 0.717) is 0 Å². The average molecular weight is 189 g/mol. The molecule has 0 bridgehead atoms. The molecule has 1 fully saturated rings. The Morgan fingerprint density at radius 3 is 3.00 bits per heavy atom. The van der Waals surface area contributed by atoms with Gasteiger partial charge in [-0.3, -0.25) is 0 Å². The van der Waals surface area contributed by atoms with Crippen LogP contribution in [0.5, 0.6) is 0 Å². The molecule has 0 saturated heterocycles. The van der Waals surface area contributed by atoms with E-state index in [-0.39, 0.29) is 0 Å². The zero-order chi connectivity index (χ0) is 8.84. The van der Waals surface area contributed by atoms with Crippen molar-refractivity contribution in [3.05, 3.63) is 28.8 Å². The first kappa shape index (κ1) is 7.51. The van der Waals surface area contributed by atoms with Gasteiger partial charge >= 0.3 is 0 Å². The summed E-state index contributed by atoms with van der Waals surface area (Å²) in [6, 6.07) is 6.53. The summed E-state index contributed by atoms with van der Waals surface area (Å²) in [4.78, 5) is 4.65. The Labute approximate surface area is 81.4 Å². The van der Waals surface area contributed by atoms with Gasteiger partial charge in [0.05, 0.1) is 15.2 Å². The molecule has 0 aliphatic heterocycles. The zero-order valence-electron chi connectivity index (χ0n) is 7.58. The Morgan fingerprint density at radius 1 is 1.38 bits per heavy atom. The molecule has 1 aromatic carbocycles. The molecule has 1 aromatic heterocycles. The molecule has 0 amide bonds. The van der Waals surface area contributed by atoms with Crippen LogP contribution in [-0.2, 0) is 0 Å². The lowest BCUT2D eigenvalue weighted by Crippen LogP contribution is -1.74. The smallest absolute Gasteiger partial charge is 0.0969 e. The van der Waals surface area contributed by atoms with Crippen LogP contribution in [0.4, 0.5) is 0 Å². The summed E-state index contributed by atoms with van der Waals surface area (Å²) >= 11 is 1.87. The lowest BCUT2D eigenvalue weighted by Gasteiger charge is -1.88. The number of fused-ring (bicyclic) bond motifs is 1. The van der Waals surface area contributed by atoms with Gasteiger partial charge in [0.15, 0.2) is 0 Å². The molecule has 0 N–H and O–H groups in total. The van der Waals surface area contributed by atoms with Gasteiger partial charge in [0.25, 0.3) is 0 Å². The molecule has 0 atom stereocenters. The van der Waals surface area contributed by atoms with Crippen LogP contribution >= 0.6 is 11.3 Å². The van der Waals surface area contributed by atoms with Crippen molar-refractivity contribution >= 4 is 21.6 Å². The minimum Gasteiger partial charge on any atom is -0.241 e. The molecule has 2 heteroatoms. The van der Waals surface area contributed by atoms with E-state index in [4.69, 9.17) is 0 Å². The SMILES string of the molecule is Cc1ccc2sc(C3CC3)nc2c1. The number of benzene rings is 1. The molecule has 1 saturated carbocycles. The van der Waals surface area contributed by atoms with Crippen molar-refractivity contribution in [2.75, 3.05) is 0 Å². The van der Waals surface area contributed by atoms with Crippen LogP contribution in [0.3, 0.4) is 0 Å². The lowest BCUT2D eigenvalue weighted by molar-refractivity contribution is 1.10. The number of aromatic nitrogens is 1. The van der Waals surface area contributed by atoms with Crippen molar-refractivity contribution in [3.8, 4) is 0 Å². The molecule has 1 aliphatic rings. The Morgan fingerprint density at radius 2 is 2.23 bits per heavy atom. The van der Waals surface area contributed by atoms with Crippen molar-refractivity contribution in [1.29, 1.82) is 0 Å². The van der Waals surface area contributed by atoms with Crippen molar-refractivity contribution in [3.63, 3.8) is 0 Å². The second-order valence-corrected chi connectivity index (χ2v) is 4.86. The maximum Gasteiger partial charge on any atom is 0.0969 e. The maximum absolute atomic E-state index is 4.65. The van der Waals surface area contributed by atoms with E-state index in [1.807, 2.05) is 11.3 Å². The summed E-state index contributed by atoms with van der Waals surface area (Å²) in [5, 5.41) is 1.35. The predicted octanol–water partition coefficient (Wildman–Crippen LogP) is 3.48. The fourth-order valence-corrected chi connectivity index (χ4v) is 2.68. The Hall–Kier alpha value is -0.890. The second kappa shape index (κ2) is 2.55. The van der Waals surface area contributed by atoms with E-state index < -0.39 is 0 Å². The highest BCUT2D eigenvalue weighted by molar-refractivity contribution is 7.18. The number of aryl methyl sites for hydroxylation is 1. The number of hydrogen-bond donors (Lipinski definition) is 0. The zero-order valence-corrected chi connectivity index (χ0v) is 8.40. The van der Waals surface area contributed by atoms with Crippen molar-refractivity contribution in [1.82, 2.24) is 4.98 Å². The molecule has 0 spiro atoms.